The molecule has 1 nitrogen and oxygen atoms in total. The second kappa shape index (κ2) is 4.15. The van der Waals surface area contributed by atoms with Crippen molar-refractivity contribution in [3.8, 4) is 10.6 Å². The van der Waals surface area contributed by atoms with Crippen LogP contribution < -0.4 is 4.78 Å². The Morgan fingerprint density at radius 3 is 2.93 bits per heavy atom. The van der Waals surface area contributed by atoms with Gasteiger partial charge in [-0.05, 0) is 16.4 Å². The van der Waals surface area contributed by atoms with E-state index >= 15 is 0 Å². The number of aromatic nitrogens is 1. The molecule has 1 heterocycles. The Morgan fingerprint density at radius 2 is 2.29 bits per heavy atom. The van der Waals surface area contributed by atoms with E-state index in [0.29, 0.717) is 5.88 Å². The summed E-state index contributed by atoms with van der Waals surface area (Å²) < 4.78 is 1.23. The number of nitrogens with zero attached hydrogens (tertiary/aromatic N) is 1. The lowest BCUT2D eigenvalue weighted by atomic mass is 10.1. The Kier molecular flexibility index (Phi) is 2.89. The van der Waals surface area contributed by atoms with Crippen LogP contribution in [0.3, 0.4) is 0 Å². The number of thiazole rings is 1. The second-order valence-corrected chi connectivity index (χ2v) is 4.61. The molecule has 4 heteroatoms. The summed E-state index contributed by atoms with van der Waals surface area (Å²) in [7, 11) is 2.06. The summed E-state index contributed by atoms with van der Waals surface area (Å²) in [6.07, 6.45) is 1.90. The first-order chi connectivity index (χ1) is 6.79. The van der Waals surface area contributed by atoms with E-state index in [1.807, 2.05) is 18.3 Å². The number of rotatable bonds is 2. The van der Waals surface area contributed by atoms with Gasteiger partial charge >= 0.3 is 0 Å². The third-order valence-corrected chi connectivity index (χ3v) is 3.22. The van der Waals surface area contributed by atoms with Crippen molar-refractivity contribution in [3.05, 3.63) is 36.0 Å². The zero-order chi connectivity index (χ0) is 9.97. The van der Waals surface area contributed by atoms with Gasteiger partial charge in [0.2, 0.25) is 0 Å². The third kappa shape index (κ3) is 1.99. The fraction of sp³-hybridized carbons (Fsp3) is 0.100. The van der Waals surface area contributed by atoms with Crippen LogP contribution >= 0.6 is 22.9 Å². The molecule has 0 radical (unpaired) electrons. The predicted molar refractivity (Wildman–Crippen MR) is 65.3 cm³/mol. The molecular weight excluding hydrogens is 212 g/mol. The maximum Gasteiger partial charge on any atom is 0.154 e. The number of alkyl halides is 1. The van der Waals surface area contributed by atoms with Crippen LogP contribution in [0.25, 0.3) is 10.6 Å². The molecule has 2 aromatic rings. The average Bonchev–Trinajstić information content (AvgIpc) is 2.65. The standard InChI is InChI=1S/C10H9BClNS/c11-9-6-13-10(14-9)8-3-1-2-7(4-8)5-12/h1-4,6H,5,11H2. The van der Waals surface area contributed by atoms with Crippen molar-refractivity contribution < 1.29 is 0 Å². The van der Waals surface area contributed by atoms with Gasteiger partial charge in [-0.2, -0.15) is 0 Å². The van der Waals surface area contributed by atoms with E-state index in [2.05, 4.69) is 25.0 Å². The molecule has 0 aliphatic carbocycles. The van der Waals surface area contributed by atoms with E-state index in [9.17, 15) is 0 Å². The fourth-order valence-corrected chi connectivity index (χ4v) is 2.20. The second-order valence-electron chi connectivity index (χ2n) is 3.11. The molecular formula is C10H9BClNS. The number of hydrogen-bond acceptors (Lipinski definition) is 2. The lowest BCUT2D eigenvalue weighted by Gasteiger charge is -1.98. The van der Waals surface area contributed by atoms with Gasteiger partial charge in [0.15, 0.2) is 7.85 Å². The van der Waals surface area contributed by atoms with Crippen molar-refractivity contribution >= 4 is 35.6 Å². The summed E-state index contributed by atoms with van der Waals surface area (Å²) in [5, 5.41) is 1.06. The van der Waals surface area contributed by atoms with Crippen molar-refractivity contribution in [2.75, 3.05) is 0 Å². The van der Waals surface area contributed by atoms with E-state index in [0.717, 1.165) is 16.1 Å². The van der Waals surface area contributed by atoms with E-state index in [-0.39, 0.29) is 0 Å². The van der Waals surface area contributed by atoms with Gasteiger partial charge in [-0.25, -0.2) is 4.98 Å². The Balaban J connectivity index is 2.41. The lowest BCUT2D eigenvalue weighted by Crippen LogP contribution is -1.89. The van der Waals surface area contributed by atoms with E-state index < -0.39 is 0 Å². The van der Waals surface area contributed by atoms with Gasteiger partial charge in [-0.3, -0.25) is 0 Å². The first-order valence-electron chi connectivity index (χ1n) is 4.37. The number of hydrogen-bond donors (Lipinski definition) is 0. The van der Waals surface area contributed by atoms with Crippen molar-refractivity contribution in [1.29, 1.82) is 0 Å². The summed E-state index contributed by atoms with van der Waals surface area (Å²) >= 11 is 7.48. The smallest absolute Gasteiger partial charge is 0.154 e. The molecule has 2 rings (SSSR count). The third-order valence-electron chi connectivity index (χ3n) is 1.95. The van der Waals surface area contributed by atoms with Crippen LogP contribution in [0.2, 0.25) is 0 Å². The Labute approximate surface area is 93.2 Å². The molecule has 0 N–H and O–H groups in total. The van der Waals surface area contributed by atoms with Gasteiger partial charge in [0.25, 0.3) is 0 Å². The van der Waals surface area contributed by atoms with Crippen LogP contribution in [0.15, 0.2) is 30.5 Å². The van der Waals surface area contributed by atoms with E-state index in [1.54, 1.807) is 11.3 Å². The SMILES string of the molecule is Bc1cnc(-c2cccc(CCl)c2)s1. The maximum atomic E-state index is 5.77. The van der Waals surface area contributed by atoms with Gasteiger partial charge in [-0.1, -0.05) is 18.2 Å². The molecule has 1 aromatic heterocycles. The molecule has 0 saturated heterocycles. The van der Waals surface area contributed by atoms with Crippen molar-refractivity contribution in [2.24, 2.45) is 0 Å². The van der Waals surface area contributed by atoms with Crippen molar-refractivity contribution in [1.82, 2.24) is 4.98 Å². The van der Waals surface area contributed by atoms with Crippen LogP contribution in [0, 0.1) is 0 Å². The first kappa shape index (κ1) is 9.75. The lowest BCUT2D eigenvalue weighted by molar-refractivity contribution is 1.37. The first-order valence-corrected chi connectivity index (χ1v) is 5.72. The Hall–Kier alpha value is -0.795. The van der Waals surface area contributed by atoms with Gasteiger partial charge < -0.3 is 0 Å². The quantitative estimate of drug-likeness (QED) is 0.557. The van der Waals surface area contributed by atoms with Gasteiger partial charge in [0, 0.05) is 17.6 Å². The van der Waals surface area contributed by atoms with E-state index in [1.165, 1.54) is 4.78 Å². The molecule has 0 aliphatic heterocycles. The minimum absolute atomic E-state index is 0.554. The summed E-state index contributed by atoms with van der Waals surface area (Å²) in [4.78, 5) is 4.34. The molecule has 0 aliphatic rings. The monoisotopic (exact) mass is 221 g/mol. The molecule has 0 atom stereocenters. The van der Waals surface area contributed by atoms with Crippen LogP contribution in [0.5, 0.6) is 0 Å². The molecule has 0 unspecified atom stereocenters. The zero-order valence-corrected chi connectivity index (χ0v) is 9.40. The highest BCUT2D eigenvalue weighted by atomic mass is 35.5. The van der Waals surface area contributed by atoms with Crippen molar-refractivity contribution in [3.63, 3.8) is 0 Å². The zero-order valence-electron chi connectivity index (χ0n) is 7.83. The minimum atomic E-state index is 0.554. The number of halogens is 1. The fourth-order valence-electron chi connectivity index (χ4n) is 1.28. The highest BCUT2D eigenvalue weighted by molar-refractivity contribution is 7.22. The molecule has 14 heavy (non-hydrogen) atoms. The van der Waals surface area contributed by atoms with Gasteiger partial charge in [-0.15, -0.1) is 22.9 Å². The van der Waals surface area contributed by atoms with Crippen LogP contribution in [0.4, 0.5) is 0 Å². The maximum absolute atomic E-state index is 5.77. The highest BCUT2D eigenvalue weighted by Crippen LogP contribution is 2.21. The molecule has 0 spiro atoms. The number of benzene rings is 1. The van der Waals surface area contributed by atoms with Crippen LogP contribution in [0.1, 0.15) is 5.56 Å². The van der Waals surface area contributed by atoms with Crippen LogP contribution in [-0.4, -0.2) is 12.8 Å². The Morgan fingerprint density at radius 1 is 1.43 bits per heavy atom. The molecule has 0 saturated carbocycles. The van der Waals surface area contributed by atoms with Crippen LogP contribution in [-0.2, 0) is 5.88 Å². The topological polar surface area (TPSA) is 12.9 Å². The molecule has 0 amide bonds. The molecule has 0 bridgehead atoms. The Bertz CT molecular complexity index is 441. The van der Waals surface area contributed by atoms with Gasteiger partial charge in [0.1, 0.15) is 5.01 Å². The predicted octanol–water partition coefficient (Wildman–Crippen LogP) is 1.81. The summed E-state index contributed by atoms with van der Waals surface area (Å²) in [5.41, 5.74) is 2.29. The summed E-state index contributed by atoms with van der Waals surface area (Å²) in [6.45, 7) is 0. The molecule has 0 fully saturated rings. The minimum Gasteiger partial charge on any atom is -0.245 e. The largest absolute Gasteiger partial charge is 0.245 e. The van der Waals surface area contributed by atoms with E-state index in [4.69, 9.17) is 11.6 Å². The summed E-state index contributed by atoms with van der Waals surface area (Å²) in [6, 6.07) is 8.19. The highest BCUT2D eigenvalue weighted by Gasteiger charge is 2.02. The molecule has 70 valence electrons. The molecule has 1 aromatic carbocycles. The average molecular weight is 222 g/mol. The normalized spacial score (nSPS) is 10.4. The van der Waals surface area contributed by atoms with Crippen molar-refractivity contribution in [2.45, 2.75) is 5.88 Å². The van der Waals surface area contributed by atoms with Gasteiger partial charge in [0.05, 0.1) is 0 Å². The summed E-state index contributed by atoms with van der Waals surface area (Å²) in [5.74, 6) is 0.554.